The Kier molecular flexibility index (Phi) is 7.70. The summed E-state index contributed by atoms with van der Waals surface area (Å²) in [6.07, 6.45) is 0. The Morgan fingerprint density at radius 3 is 2.39 bits per heavy atom. The number of halogens is 1. The van der Waals surface area contributed by atoms with Gasteiger partial charge >= 0.3 is 5.97 Å². The number of esters is 1. The first kappa shape index (κ1) is 25.4. The zero-order valence-electron chi connectivity index (χ0n) is 20.1. The van der Waals surface area contributed by atoms with E-state index < -0.39 is 5.97 Å². The van der Waals surface area contributed by atoms with Gasteiger partial charge in [0.05, 0.1) is 12.9 Å². The molecule has 1 amide bonds. The summed E-state index contributed by atoms with van der Waals surface area (Å²) in [6, 6.07) is 13.7. The maximum absolute atomic E-state index is 13.3. The molecule has 0 saturated carbocycles. The minimum absolute atomic E-state index is 0.0654. The van der Waals surface area contributed by atoms with Gasteiger partial charge in [0, 0.05) is 43.3 Å². The van der Waals surface area contributed by atoms with Gasteiger partial charge in [-0.1, -0.05) is 23.9 Å². The summed E-state index contributed by atoms with van der Waals surface area (Å²) < 4.78 is 20.1. The fraction of sp³-hybridized carbons (Fsp3) is 0.200. The molecular formula is C25H24FN5O3S2. The summed E-state index contributed by atoms with van der Waals surface area (Å²) in [7, 11) is 7.07. The van der Waals surface area contributed by atoms with E-state index in [1.807, 2.05) is 54.9 Å². The molecule has 186 valence electrons. The fourth-order valence-electron chi connectivity index (χ4n) is 3.49. The van der Waals surface area contributed by atoms with Gasteiger partial charge in [-0.15, -0.1) is 21.5 Å². The number of hydrogen-bond acceptors (Lipinski definition) is 8. The third-order valence-electron chi connectivity index (χ3n) is 5.40. The first-order chi connectivity index (χ1) is 17.3. The van der Waals surface area contributed by atoms with Crippen LogP contribution in [0.25, 0.3) is 22.5 Å². The molecule has 0 atom stereocenters. The second-order valence-electron chi connectivity index (χ2n) is 8.00. The molecule has 8 nitrogen and oxygen atoms in total. The molecule has 2 heterocycles. The van der Waals surface area contributed by atoms with Crippen LogP contribution in [0, 0.1) is 5.82 Å². The number of nitrogens with zero attached hydrogens (tertiary/aromatic N) is 4. The molecule has 4 aromatic rings. The van der Waals surface area contributed by atoms with Crippen molar-refractivity contribution in [2.75, 3.05) is 37.2 Å². The second kappa shape index (κ2) is 10.9. The molecule has 0 aliphatic carbocycles. The number of thiophene rings is 1. The third kappa shape index (κ3) is 5.42. The number of thioether (sulfide) groups is 1. The lowest BCUT2D eigenvalue weighted by molar-refractivity contribution is -0.113. The summed E-state index contributed by atoms with van der Waals surface area (Å²) >= 11 is 2.44. The van der Waals surface area contributed by atoms with Gasteiger partial charge in [-0.3, -0.25) is 4.79 Å². The van der Waals surface area contributed by atoms with Crippen LogP contribution in [0.1, 0.15) is 10.4 Å². The number of anilines is 2. The minimum atomic E-state index is -0.586. The number of nitrogens with one attached hydrogen (secondary N) is 1. The zero-order valence-corrected chi connectivity index (χ0v) is 21.7. The van der Waals surface area contributed by atoms with Crippen LogP contribution in [0.2, 0.25) is 0 Å². The lowest BCUT2D eigenvalue weighted by atomic mass is 10.0. The highest BCUT2D eigenvalue weighted by Gasteiger charge is 2.23. The van der Waals surface area contributed by atoms with Crippen LogP contribution in [-0.2, 0) is 16.6 Å². The molecule has 2 aromatic carbocycles. The summed E-state index contributed by atoms with van der Waals surface area (Å²) in [5.41, 5.74) is 3.44. The van der Waals surface area contributed by atoms with Gasteiger partial charge in [0.2, 0.25) is 5.91 Å². The summed E-state index contributed by atoms with van der Waals surface area (Å²) in [6.45, 7) is 0. The number of aromatic nitrogens is 3. The summed E-state index contributed by atoms with van der Waals surface area (Å²) in [4.78, 5) is 27.2. The molecule has 11 heteroatoms. The lowest BCUT2D eigenvalue weighted by Crippen LogP contribution is -2.16. The number of hydrogen-bond donors (Lipinski definition) is 1. The SMILES string of the molecule is COC(=O)c1c(-c2ccc(F)cc2)csc1NC(=O)CSc1nnc(-c2ccc(N(C)C)cc2)n1C. The zero-order chi connectivity index (χ0) is 25.8. The van der Waals surface area contributed by atoms with Crippen LogP contribution in [-0.4, -0.2) is 53.6 Å². The molecule has 0 saturated heterocycles. The largest absolute Gasteiger partial charge is 0.465 e. The lowest BCUT2D eigenvalue weighted by Gasteiger charge is -2.12. The number of carbonyl (C=O) groups excluding carboxylic acids is 2. The molecule has 0 radical (unpaired) electrons. The molecule has 0 aliphatic heterocycles. The van der Waals surface area contributed by atoms with Crippen molar-refractivity contribution in [1.82, 2.24) is 14.8 Å². The van der Waals surface area contributed by atoms with Gasteiger partial charge < -0.3 is 19.5 Å². The second-order valence-corrected chi connectivity index (χ2v) is 9.82. The van der Waals surface area contributed by atoms with Crippen LogP contribution in [0.5, 0.6) is 0 Å². The summed E-state index contributed by atoms with van der Waals surface area (Å²) in [5.74, 6) is -0.514. The van der Waals surface area contributed by atoms with Crippen LogP contribution < -0.4 is 10.2 Å². The number of rotatable bonds is 8. The van der Waals surface area contributed by atoms with Gasteiger partial charge in [0.1, 0.15) is 16.4 Å². The topological polar surface area (TPSA) is 89.3 Å². The summed E-state index contributed by atoms with van der Waals surface area (Å²) in [5, 5.41) is 14.0. The van der Waals surface area contributed by atoms with Crippen molar-refractivity contribution in [2.24, 2.45) is 7.05 Å². The molecule has 1 N–H and O–H groups in total. The van der Waals surface area contributed by atoms with E-state index in [-0.39, 0.29) is 23.0 Å². The number of amides is 1. The Balaban J connectivity index is 1.46. The number of carbonyl (C=O) groups is 2. The van der Waals surface area contributed by atoms with Gasteiger partial charge in [0.25, 0.3) is 0 Å². The Morgan fingerprint density at radius 2 is 1.75 bits per heavy atom. The molecule has 2 aromatic heterocycles. The van der Waals surface area contributed by atoms with Crippen molar-refractivity contribution in [3.05, 3.63) is 65.3 Å². The van der Waals surface area contributed by atoms with Crippen LogP contribution in [0.15, 0.2) is 59.1 Å². The van der Waals surface area contributed by atoms with Crippen LogP contribution >= 0.6 is 23.1 Å². The smallest absolute Gasteiger partial charge is 0.341 e. The molecule has 4 rings (SSSR count). The minimum Gasteiger partial charge on any atom is -0.465 e. The Bertz CT molecular complexity index is 1380. The van der Waals surface area contributed by atoms with E-state index in [1.54, 1.807) is 17.5 Å². The monoisotopic (exact) mass is 525 g/mol. The molecular weight excluding hydrogens is 501 g/mol. The van der Waals surface area contributed by atoms with E-state index in [4.69, 9.17) is 4.74 Å². The van der Waals surface area contributed by atoms with Gasteiger partial charge in [-0.25, -0.2) is 9.18 Å². The van der Waals surface area contributed by atoms with E-state index in [2.05, 4.69) is 15.5 Å². The van der Waals surface area contributed by atoms with E-state index >= 15 is 0 Å². The maximum Gasteiger partial charge on any atom is 0.341 e. The highest BCUT2D eigenvalue weighted by molar-refractivity contribution is 7.99. The van der Waals surface area contributed by atoms with E-state index in [0.29, 0.717) is 27.1 Å². The molecule has 0 spiro atoms. The molecule has 0 aliphatic rings. The highest BCUT2D eigenvalue weighted by atomic mass is 32.2. The highest BCUT2D eigenvalue weighted by Crippen LogP contribution is 2.36. The molecule has 0 unspecified atom stereocenters. The van der Waals surface area contributed by atoms with Gasteiger partial charge in [-0.2, -0.15) is 0 Å². The van der Waals surface area contributed by atoms with Gasteiger partial charge in [-0.05, 0) is 42.0 Å². The maximum atomic E-state index is 13.3. The van der Waals surface area contributed by atoms with Gasteiger partial charge in [0.15, 0.2) is 11.0 Å². The fourth-order valence-corrected chi connectivity index (χ4v) is 5.17. The number of ether oxygens (including phenoxy) is 1. The van der Waals surface area contributed by atoms with Crippen molar-refractivity contribution < 1.29 is 18.7 Å². The average molecular weight is 526 g/mol. The molecule has 0 fully saturated rings. The van der Waals surface area contributed by atoms with Crippen molar-refractivity contribution in [1.29, 1.82) is 0 Å². The van der Waals surface area contributed by atoms with E-state index in [1.165, 1.54) is 42.3 Å². The molecule has 0 bridgehead atoms. The van der Waals surface area contributed by atoms with Crippen molar-refractivity contribution in [2.45, 2.75) is 5.16 Å². The van der Waals surface area contributed by atoms with E-state index in [0.717, 1.165) is 11.3 Å². The standard InChI is InChI=1S/C25H24FN5O3S2/c1-30(2)18-11-7-16(8-12-18)22-28-29-25(31(22)3)36-14-20(32)27-23-21(24(33)34-4)19(13-35-23)15-5-9-17(26)10-6-15/h5-13H,14H2,1-4H3,(H,27,32). The Hall–Kier alpha value is -3.70. The first-order valence-corrected chi connectivity index (χ1v) is 12.7. The van der Waals surface area contributed by atoms with Crippen LogP contribution in [0.3, 0.4) is 0 Å². The van der Waals surface area contributed by atoms with Crippen molar-refractivity contribution in [3.63, 3.8) is 0 Å². The predicted molar refractivity (Wildman–Crippen MR) is 141 cm³/mol. The van der Waals surface area contributed by atoms with E-state index in [9.17, 15) is 14.0 Å². The predicted octanol–water partition coefficient (Wildman–Crippen LogP) is 4.93. The molecule has 36 heavy (non-hydrogen) atoms. The van der Waals surface area contributed by atoms with Crippen LogP contribution in [0.4, 0.5) is 15.1 Å². The average Bonchev–Trinajstić information content (AvgIpc) is 3.46. The Labute approximate surface area is 216 Å². The third-order valence-corrected chi connectivity index (χ3v) is 7.31. The first-order valence-electron chi connectivity index (χ1n) is 10.8. The Morgan fingerprint density at radius 1 is 1.08 bits per heavy atom. The quantitative estimate of drug-likeness (QED) is 0.258. The number of methoxy groups -OCH3 is 1. The number of benzene rings is 2. The van der Waals surface area contributed by atoms with Crippen molar-refractivity contribution in [3.8, 4) is 22.5 Å². The normalized spacial score (nSPS) is 10.8. The van der Waals surface area contributed by atoms with Crippen molar-refractivity contribution >= 4 is 45.7 Å².